The molecule has 2 fully saturated rings. The molecule has 7 heteroatoms. The molecular weight excluding hydrogens is 325 g/mol. The molecule has 1 aliphatic carbocycles. The van der Waals surface area contributed by atoms with Gasteiger partial charge in [-0.05, 0) is 43.5 Å². The average Bonchev–Trinajstić information content (AvgIpc) is 2.99. The molecule has 6 nitrogen and oxygen atoms in total. The van der Waals surface area contributed by atoms with Crippen LogP contribution < -0.4 is 5.32 Å². The molecule has 0 spiro atoms. The Morgan fingerprint density at radius 3 is 2.56 bits per heavy atom. The van der Waals surface area contributed by atoms with Crippen molar-refractivity contribution in [2.45, 2.75) is 25.3 Å². The normalized spacial score (nSPS) is 22.0. The van der Waals surface area contributed by atoms with Crippen molar-refractivity contribution in [3.63, 3.8) is 0 Å². The summed E-state index contributed by atoms with van der Waals surface area (Å²) in [6.45, 7) is 1.72. The summed E-state index contributed by atoms with van der Waals surface area (Å²) in [7, 11) is 0. The summed E-state index contributed by atoms with van der Waals surface area (Å²) in [6, 6.07) is 7.30. The minimum atomic E-state index is -0.339. The van der Waals surface area contributed by atoms with Crippen molar-refractivity contribution in [2.75, 3.05) is 13.1 Å². The van der Waals surface area contributed by atoms with Gasteiger partial charge in [0.1, 0.15) is 5.82 Å². The van der Waals surface area contributed by atoms with Crippen molar-refractivity contribution in [1.82, 2.24) is 15.4 Å². The van der Waals surface area contributed by atoms with Gasteiger partial charge in [-0.3, -0.25) is 9.59 Å². The highest BCUT2D eigenvalue weighted by Gasteiger charge is 2.39. The third-order valence-corrected chi connectivity index (χ3v) is 4.86. The Kier molecular flexibility index (Phi) is 3.99. The first-order valence-corrected chi connectivity index (χ1v) is 8.42. The smallest absolute Gasteiger partial charge is 0.273 e. The Morgan fingerprint density at radius 1 is 1.20 bits per heavy atom. The van der Waals surface area contributed by atoms with Gasteiger partial charge in [0, 0.05) is 36.7 Å². The lowest BCUT2D eigenvalue weighted by Crippen LogP contribution is -2.53. The Hall–Kier alpha value is -2.70. The average molecular weight is 343 g/mol. The molecule has 0 unspecified atom stereocenters. The van der Waals surface area contributed by atoms with E-state index in [1.54, 1.807) is 12.1 Å². The van der Waals surface area contributed by atoms with E-state index < -0.39 is 0 Å². The maximum absolute atomic E-state index is 13.0. The fraction of sp³-hybridized carbons (Fsp3) is 0.389. The highest BCUT2D eigenvalue weighted by Crippen LogP contribution is 2.31. The highest BCUT2D eigenvalue weighted by atomic mass is 19.1. The Balaban J connectivity index is 1.32. The summed E-state index contributed by atoms with van der Waals surface area (Å²) in [6.07, 6.45) is 2.43. The molecule has 0 atom stereocenters. The van der Waals surface area contributed by atoms with Crippen LogP contribution in [-0.4, -0.2) is 41.0 Å². The Bertz CT molecular complexity index is 792. The molecule has 2 aromatic rings. The second-order valence-corrected chi connectivity index (χ2v) is 6.60. The largest absolute Gasteiger partial charge is 0.355 e. The van der Waals surface area contributed by atoms with Gasteiger partial charge in [-0.1, -0.05) is 5.16 Å². The van der Waals surface area contributed by atoms with Crippen LogP contribution in [0.4, 0.5) is 4.39 Å². The first-order valence-electron chi connectivity index (χ1n) is 8.42. The van der Waals surface area contributed by atoms with Crippen LogP contribution in [0, 0.1) is 11.7 Å². The number of likely N-dealkylation sites (tertiary alicyclic amines) is 1. The number of hydrogen-bond donors (Lipinski definition) is 1. The van der Waals surface area contributed by atoms with Crippen molar-refractivity contribution in [2.24, 2.45) is 5.92 Å². The first-order chi connectivity index (χ1) is 12.1. The van der Waals surface area contributed by atoms with Crippen molar-refractivity contribution < 1.29 is 18.5 Å². The SMILES string of the molecule is O=C(NC1CC(C(=O)N2CCC2)C1)c1cc(-c2ccc(F)cc2)on1. The molecule has 1 aromatic carbocycles. The monoisotopic (exact) mass is 343 g/mol. The van der Waals surface area contributed by atoms with Gasteiger partial charge in [0.2, 0.25) is 5.91 Å². The first kappa shape index (κ1) is 15.8. The second kappa shape index (κ2) is 6.31. The van der Waals surface area contributed by atoms with E-state index in [1.165, 1.54) is 18.2 Å². The van der Waals surface area contributed by atoms with Gasteiger partial charge in [0.05, 0.1) is 0 Å². The lowest BCUT2D eigenvalue weighted by atomic mass is 9.78. The zero-order valence-electron chi connectivity index (χ0n) is 13.6. The van der Waals surface area contributed by atoms with E-state index in [0.29, 0.717) is 24.2 Å². The van der Waals surface area contributed by atoms with Crippen LogP contribution in [0.3, 0.4) is 0 Å². The summed E-state index contributed by atoms with van der Waals surface area (Å²) in [5.41, 5.74) is 0.827. The standard InChI is InChI=1S/C18H18FN3O3/c19-13-4-2-11(3-5-13)16-10-15(21-25-16)17(23)20-14-8-12(9-14)18(24)22-6-1-7-22/h2-5,10,12,14H,1,6-9H2,(H,20,23). The molecule has 0 radical (unpaired) electrons. The molecule has 1 saturated heterocycles. The van der Waals surface area contributed by atoms with E-state index >= 15 is 0 Å². The van der Waals surface area contributed by atoms with Gasteiger partial charge in [-0.2, -0.15) is 0 Å². The lowest BCUT2D eigenvalue weighted by Gasteiger charge is -2.40. The molecule has 130 valence electrons. The lowest BCUT2D eigenvalue weighted by molar-refractivity contribution is -0.142. The third kappa shape index (κ3) is 3.14. The van der Waals surface area contributed by atoms with E-state index in [1.807, 2.05) is 4.90 Å². The number of carbonyl (C=O) groups is 2. The Morgan fingerprint density at radius 2 is 1.92 bits per heavy atom. The summed E-state index contributed by atoms with van der Waals surface area (Å²) in [5, 5.41) is 6.65. The second-order valence-electron chi connectivity index (χ2n) is 6.60. The molecule has 25 heavy (non-hydrogen) atoms. The van der Waals surface area contributed by atoms with Crippen LogP contribution in [0.2, 0.25) is 0 Å². The van der Waals surface area contributed by atoms with Gasteiger partial charge in [0.15, 0.2) is 11.5 Å². The molecule has 2 amide bonds. The van der Waals surface area contributed by atoms with Gasteiger partial charge in [-0.25, -0.2) is 4.39 Å². The number of nitrogens with one attached hydrogen (secondary N) is 1. The number of aromatic nitrogens is 1. The number of rotatable bonds is 4. The fourth-order valence-corrected chi connectivity index (χ4v) is 3.12. The molecule has 0 bridgehead atoms. The molecule has 1 N–H and O–H groups in total. The molecule has 1 aliphatic heterocycles. The zero-order chi connectivity index (χ0) is 17.4. The van der Waals surface area contributed by atoms with E-state index in [4.69, 9.17) is 4.52 Å². The number of hydrogen-bond acceptors (Lipinski definition) is 4. The Labute approximate surface area is 144 Å². The van der Waals surface area contributed by atoms with Crippen LogP contribution in [0.15, 0.2) is 34.9 Å². The van der Waals surface area contributed by atoms with Crippen molar-refractivity contribution in [1.29, 1.82) is 0 Å². The number of amides is 2. The number of carbonyl (C=O) groups excluding carboxylic acids is 2. The van der Waals surface area contributed by atoms with Crippen LogP contribution >= 0.6 is 0 Å². The van der Waals surface area contributed by atoms with Crippen LogP contribution in [0.25, 0.3) is 11.3 Å². The summed E-state index contributed by atoms with van der Waals surface area (Å²) in [4.78, 5) is 26.2. The van der Waals surface area contributed by atoms with E-state index in [9.17, 15) is 14.0 Å². The van der Waals surface area contributed by atoms with E-state index in [-0.39, 0.29) is 35.3 Å². The number of halogens is 1. The van der Waals surface area contributed by atoms with E-state index in [0.717, 1.165) is 19.5 Å². The maximum atomic E-state index is 13.0. The third-order valence-electron chi connectivity index (χ3n) is 4.86. The molecule has 2 aliphatic rings. The zero-order valence-corrected chi connectivity index (χ0v) is 13.6. The van der Waals surface area contributed by atoms with Crippen LogP contribution in [-0.2, 0) is 4.79 Å². The number of nitrogens with zero attached hydrogens (tertiary/aromatic N) is 2. The minimum Gasteiger partial charge on any atom is -0.355 e. The molecule has 1 aromatic heterocycles. The quantitative estimate of drug-likeness (QED) is 0.924. The predicted molar refractivity (Wildman–Crippen MR) is 87.1 cm³/mol. The van der Waals surface area contributed by atoms with Gasteiger partial charge in [0.25, 0.3) is 5.91 Å². The molecule has 2 heterocycles. The fourth-order valence-electron chi connectivity index (χ4n) is 3.12. The summed E-state index contributed by atoms with van der Waals surface area (Å²) < 4.78 is 18.1. The van der Waals surface area contributed by atoms with Gasteiger partial charge < -0.3 is 14.7 Å². The van der Waals surface area contributed by atoms with Crippen molar-refractivity contribution in [3.05, 3.63) is 41.8 Å². The molecule has 1 saturated carbocycles. The van der Waals surface area contributed by atoms with Crippen molar-refractivity contribution in [3.8, 4) is 11.3 Å². The topological polar surface area (TPSA) is 75.4 Å². The van der Waals surface area contributed by atoms with Gasteiger partial charge in [-0.15, -0.1) is 0 Å². The molecular formula is C18H18FN3O3. The van der Waals surface area contributed by atoms with Gasteiger partial charge >= 0.3 is 0 Å². The minimum absolute atomic E-state index is 0.00584. The van der Waals surface area contributed by atoms with Crippen LogP contribution in [0.5, 0.6) is 0 Å². The summed E-state index contributed by atoms with van der Waals surface area (Å²) >= 11 is 0. The van der Waals surface area contributed by atoms with E-state index in [2.05, 4.69) is 10.5 Å². The number of benzene rings is 1. The van der Waals surface area contributed by atoms with Crippen LogP contribution in [0.1, 0.15) is 29.8 Å². The maximum Gasteiger partial charge on any atom is 0.273 e. The predicted octanol–water partition coefficient (Wildman–Crippen LogP) is 2.22. The summed E-state index contributed by atoms with van der Waals surface area (Å²) in [5.74, 6) is -0.0235. The molecule has 4 rings (SSSR count). The highest BCUT2D eigenvalue weighted by molar-refractivity contribution is 5.93. The van der Waals surface area contributed by atoms with Crippen molar-refractivity contribution >= 4 is 11.8 Å².